The Balaban J connectivity index is 1.38. The van der Waals surface area contributed by atoms with Gasteiger partial charge < -0.3 is 19.5 Å². The van der Waals surface area contributed by atoms with E-state index in [1.807, 2.05) is 41.3 Å². The van der Waals surface area contributed by atoms with Gasteiger partial charge in [0.05, 0.1) is 18.4 Å². The highest BCUT2D eigenvalue weighted by Crippen LogP contribution is 2.34. The van der Waals surface area contributed by atoms with Gasteiger partial charge in [0.2, 0.25) is 0 Å². The van der Waals surface area contributed by atoms with Crippen LogP contribution in [0.3, 0.4) is 0 Å². The number of rotatable bonds is 5. The molecule has 0 bridgehead atoms. The molecule has 0 saturated carbocycles. The van der Waals surface area contributed by atoms with Gasteiger partial charge in [0.15, 0.2) is 18.0 Å². The zero-order valence-corrected chi connectivity index (χ0v) is 21.8. The molecular formula is C27H32F3N7O2. The molecule has 12 heteroatoms. The van der Waals surface area contributed by atoms with Crippen molar-refractivity contribution < 1.29 is 22.4 Å². The van der Waals surface area contributed by atoms with Crippen LogP contribution in [0.15, 0.2) is 53.4 Å². The van der Waals surface area contributed by atoms with Gasteiger partial charge in [-0.3, -0.25) is 9.80 Å². The van der Waals surface area contributed by atoms with Crippen molar-refractivity contribution in [1.82, 2.24) is 14.9 Å². The van der Waals surface area contributed by atoms with E-state index >= 15 is 0 Å². The van der Waals surface area contributed by atoms with Crippen molar-refractivity contribution in [2.75, 3.05) is 72.4 Å². The van der Waals surface area contributed by atoms with Gasteiger partial charge in [-0.05, 0) is 44.0 Å². The van der Waals surface area contributed by atoms with Crippen LogP contribution in [-0.4, -0.2) is 79.4 Å². The molecule has 1 fully saturated rings. The van der Waals surface area contributed by atoms with Crippen LogP contribution in [0.1, 0.15) is 19.8 Å². The summed E-state index contributed by atoms with van der Waals surface area (Å²) in [7, 11) is 0. The van der Waals surface area contributed by atoms with E-state index in [4.69, 9.17) is 9.40 Å². The van der Waals surface area contributed by atoms with Gasteiger partial charge in [-0.1, -0.05) is 12.1 Å². The largest absolute Gasteiger partial charge is 0.444 e. The molecule has 0 spiro atoms. The molecule has 5 rings (SSSR count). The lowest BCUT2D eigenvalue weighted by atomic mass is 10.1. The highest BCUT2D eigenvalue weighted by molar-refractivity contribution is 6.03. The number of benzene rings is 1. The average molecular weight is 544 g/mol. The normalized spacial score (nSPS) is 17.0. The second-order valence-corrected chi connectivity index (χ2v) is 9.71. The summed E-state index contributed by atoms with van der Waals surface area (Å²) in [4.78, 5) is 29.8. The van der Waals surface area contributed by atoms with Gasteiger partial charge in [0.1, 0.15) is 5.82 Å². The summed E-state index contributed by atoms with van der Waals surface area (Å²) in [6.07, 6.45) is 0.115. The Kier molecular flexibility index (Phi) is 7.92. The van der Waals surface area contributed by atoms with Crippen LogP contribution in [0.4, 0.5) is 41.0 Å². The third-order valence-corrected chi connectivity index (χ3v) is 7.02. The maximum absolute atomic E-state index is 13.6. The predicted octanol–water partition coefficient (Wildman–Crippen LogP) is 5.08. The molecule has 0 unspecified atom stereocenters. The van der Waals surface area contributed by atoms with E-state index in [0.717, 1.165) is 30.8 Å². The van der Waals surface area contributed by atoms with Crippen molar-refractivity contribution in [3.05, 3.63) is 49.0 Å². The number of hydrogen-bond donors (Lipinski definition) is 1. The molecule has 9 nitrogen and oxygen atoms in total. The number of halogens is 3. The molecule has 2 aliphatic heterocycles. The van der Waals surface area contributed by atoms with Crippen molar-refractivity contribution >= 4 is 29.0 Å². The molecule has 208 valence electrons. The van der Waals surface area contributed by atoms with E-state index in [1.165, 1.54) is 11.3 Å². The summed E-state index contributed by atoms with van der Waals surface area (Å²) in [5.41, 5.74) is 2.26. The minimum atomic E-state index is -4.22. The maximum atomic E-state index is 13.6. The van der Waals surface area contributed by atoms with Crippen molar-refractivity contribution in [2.45, 2.75) is 25.9 Å². The number of alkyl halides is 3. The number of urea groups is 1. The molecule has 1 N–H and O–H groups in total. The fourth-order valence-electron chi connectivity index (χ4n) is 5.14. The van der Waals surface area contributed by atoms with Gasteiger partial charge >= 0.3 is 12.2 Å². The number of carbonyl (C=O) groups is 1. The topological polar surface area (TPSA) is 81.0 Å². The number of anilines is 4. The molecule has 0 radical (unpaired) electrons. The second kappa shape index (κ2) is 11.5. The van der Waals surface area contributed by atoms with Crippen LogP contribution in [0.5, 0.6) is 0 Å². The van der Waals surface area contributed by atoms with Gasteiger partial charge in [-0.25, -0.2) is 14.8 Å². The molecule has 2 amide bonds. The molecular weight excluding hydrogens is 511 g/mol. The number of carbonyl (C=O) groups excluding carboxylic acids is 1. The van der Waals surface area contributed by atoms with E-state index in [9.17, 15) is 18.0 Å². The molecule has 39 heavy (non-hydrogen) atoms. The smallest absolute Gasteiger partial charge is 0.401 e. The highest BCUT2D eigenvalue weighted by Gasteiger charge is 2.32. The number of hydrogen-bond acceptors (Lipinski definition) is 7. The van der Waals surface area contributed by atoms with Crippen LogP contribution < -0.4 is 20.0 Å². The van der Waals surface area contributed by atoms with Crippen molar-refractivity contribution in [3.8, 4) is 11.3 Å². The third kappa shape index (κ3) is 6.44. The molecule has 4 heterocycles. The average Bonchev–Trinajstić information content (AvgIpc) is 3.27. The Labute approximate surface area is 225 Å². The summed E-state index contributed by atoms with van der Waals surface area (Å²) < 4.78 is 44.2. The second-order valence-electron chi connectivity index (χ2n) is 9.71. The minimum Gasteiger partial charge on any atom is -0.444 e. The Morgan fingerprint density at radius 3 is 2.67 bits per heavy atom. The molecule has 0 atom stereocenters. The SMILES string of the molecule is CCN1CCCN(C(=O)Nc2cccc(-c3cnco3)c2)c2nc(N3CCCN(CC(F)(F)F)CC3)ccc21. The van der Waals surface area contributed by atoms with Gasteiger partial charge in [0.25, 0.3) is 0 Å². The number of nitrogens with one attached hydrogen (secondary N) is 1. The Morgan fingerprint density at radius 1 is 1.05 bits per heavy atom. The fraction of sp³-hybridized carbons (Fsp3) is 0.444. The standard InChI is InChI=1S/C27H32F3N7O2/c1-2-35-11-5-13-37(26(38)32-21-7-3-6-20(16-21)23-17-31-19-39-23)25-22(35)8-9-24(33-25)36-12-4-10-34(14-15-36)18-27(28,29)30/h3,6-9,16-17,19H,2,4-5,10-15,18H2,1H3,(H,32,38). The summed E-state index contributed by atoms with van der Waals surface area (Å²) in [6, 6.07) is 10.9. The van der Waals surface area contributed by atoms with Gasteiger partial charge in [-0.15, -0.1) is 0 Å². The van der Waals surface area contributed by atoms with Crippen LogP contribution in [0.2, 0.25) is 0 Å². The lowest BCUT2D eigenvalue weighted by molar-refractivity contribution is -0.145. The zero-order valence-electron chi connectivity index (χ0n) is 21.8. The maximum Gasteiger partial charge on any atom is 0.401 e. The first-order valence-corrected chi connectivity index (χ1v) is 13.2. The number of pyridine rings is 1. The fourth-order valence-corrected chi connectivity index (χ4v) is 5.14. The molecule has 2 aliphatic rings. The summed E-state index contributed by atoms with van der Waals surface area (Å²) in [5, 5.41) is 2.99. The first kappa shape index (κ1) is 26.8. The number of nitrogens with zero attached hydrogens (tertiary/aromatic N) is 6. The monoisotopic (exact) mass is 543 g/mol. The highest BCUT2D eigenvalue weighted by atomic mass is 19.4. The molecule has 1 saturated heterocycles. The zero-order chi connectivity index (χ0) is 27.4. The van der Waals surface area contributed by atoms with Crippen molar-refractivity contribution in [1.29, 1.82) is 0 Å². The number of aromatic nitrogens is 2. The van der Waals surface area contributed by atoms with E-state index in [1.54, 1.807) is 11.1 Å². The van der Waals surface area contributed by atoms with Crippen molar-refractivity contribution in [2.24, 2.45) is 0 Å². The summed E-state index contributed by atoms with van der Waals surface area (Å²) >= 11 is 0. The summed E-state index contributed by atoms with van der Waals surface area (Å²) in [6.45, 7) is 4.88. The summed E-state index contributed by atoms with van der Waals surface area (Å²) in [5.74, 6) is 1.81. The molecule has 1 aromatic carbocycles. The van der Waals surface area contributed by atoms with Crippen molar-refractivity contribution in [3.63, 3.8) is 0 Å². The minimum absolute atomic E-state index is 0.297. The van der Waals surface area contributed by atoms with E-state index in [-0.39, 0.29) is 6.03 Å². The number of fused-ring (bicyclic) bond motifs is 1. The quantitative estimate of drug-likeness (QED) is 0.481. The van der Waals surface area contributed by atoms with Gasteiger partial charge in [0, 0.05) is 57.1 Å². The van der Waals surface area contributed by atoms with E-state index < -0.39 is 12.7 Å². The van der Waals surface area contributed by atoms with Crippen LogP contribution >= 0.6 is 0 Å². The van der Waals surface area contributed by atoms with Crippen LogP contribution in [0, 0.1) is 0 Å². The molecule has 0 aliphatic carbocycles. The molecule has 3 aromatic rings. The number of oxazole rings is 1. The molecule has 2 aromatic heterocycles. The first-order chi connectivity index (χ1) is 18.8. The lowest BCUT2D eigenvalue weighted by Crippen LogP contribution is -2.38. The van der Waals surface area contributed by atoms with Gasteiger partial charge in [-0.2, -0.15) is 13.2 Å². The Hall–Kier alpha value is -3.80. The Bertz CT molecular complexity index is 1270. The lowest BCUT2D eigenvalue weighted by Gasteiger charge is -2.28. The van der Waals surface area contributed by atoms with Crippen LogP contribution in [-0.2, 0) is 0 Å². The third-order valence-electron chi connectivity index (χ3n) is 7.02. The first-order valence-electron chi connectivity index (χ1n) is 13.2. The predicted molar refractivity (Wildman–Crippen MR) is 144 cm³/mol. The van der Waals surface area contributed by atoms with E-state index in [0.29, 0.717) is 62.2 Å². The van der Waals surface area contributed by atoms with Crippen LogP contribution in [0.25, 0.3) is 11.3 Å². The number of amides is 2. The Morgan fingerprint density at radius 2 is 1.90 bits per heavy atom. The van der Waals surface area contributed by atoms with E-state index in [2.05, 4.69) is 22.1 Å².